The van der Waals surface area contributed by atoms with Gasteiger partial charge in [-0.2, -0.15) is 0 Å². The van der Waals surface area contributed by atoms with Gasteiger partial charge in [0.05, 0.1) is 5.92 Å². The van der Waals surface area contributed by atoms with Crippen molar-refractivity contribution < 1.29 is 9.90 Å². The van der Waals surface area contributed by atoms with Gasteiger partial charge in [-0.15, -0.1) is 0 Å². The molecule has 0 spiro atoms. The maximum Gasteiger partial charge on any atom is 0.310 e. The summed E-state index contributed by atoms with van der Waals surface area (Å²) in [6.07, 6.45) is 3.35. The second kappa shape index (κ2) is 4.78. The van der Waals surface area contributed by atoms with E-state index in [1.54, 1.807) is 19.3 Å². The van der Waals surface area contributed by atoms with Gasteiger partial charge in [-0.1, -0.05) is 30.3 Å². The molecule has 86 valence electrons. The van der Waals surface area contributed by atoms with E-state index < -0.39 is 11.9 Å². The molecule has 17 heavy (non-hydrogen) atoms. The van der Waals surface area contributed by atoms with Gasteiger partial charge in [0.15, 0.2) is 0 Å². The van der Waals surface area contributed by atoms with Gasteiger partial charge in [0, 0.05) is 18.0 Å². The Morgan fingerprint density at radius 1 is 1.18 bits per heavy atom. The molecule has 0 saturated heterocycles. The van der Waals surface area contributed by atoms with Crippen LogP contribution in [-0.2, 0) is 4.79 Å². The molecule has 1 N–H and O–H groups in total. The quantitative estimate of drug-likeness (QED) is 0.877. The van der Waals surface area contributed by atoms with Crippen LogP contribution in [0.25, 0.3) is 11.1 Å². The minimum absolute atomic E-state index is 0.536. The van der Waals surface area contributed by atoms with E-state index in [4.69, 9.17) is 5.11 Å². The number of hydrogen-bond donors (Lipinski definition) is 1. The lowest BCUT2D eigenvalue weighted by molar-refractivity contribution is -0.138. The highest BCUT2D eigenvalue weighted by Gasteiger charge is 2.14. The van der Waals surface area contributed by atoms with E-state index in [0.717, 1.165) is 16.7 Å². The van der Waals surface area contributed by atoms with Crippen LogP contribution in [-0.4, -0.2) is 16.1 Å². The molecule has 0 fully saturated rings. The molecule has 0 aliphatic carbocycles. The molecule has 1 aromatic carbocycles. The van der Waals surface area contributed by atoms with Gasteiger partial charge in [-0.3, -0.25) is 9.78 Å². The number of aromatic nitrogens is 1. The first-order chi connectivity index (χ1) is 8.18. The molecular weight excluding hydrogens is 214 g/mol. The molecule has 0 aliphatic heterocycles. The number of carboxylic acids is 1. The summed E-state index contributed by atoms with van der Waals surface area (Å²) in [6.45, 7) is 1.66. The van der Waals surface area contributed by atoms with E-state index >= 15 is 0 Å². The van der Waals surface area contributed by atoms with Gasteiger partial charge in [0.25, 0.3) is 0 Å². The standard InChI is InChI=1S/C14H13NO2/c1-10(14(16)17)12-7-13(9-15-8-12)11-5-3-2-4-6-11/h2-10H,1H3,(H,16,17). The monoisotopic (exact) mass is 227 g/mol. The lowest BCUT2D eigenvalue weighted by Gasteiger charge is -2.08. The zero-order chi connectivity index (χ0) is 12.3. The van der Waals surface area contributed by atoms with Crippen molar-refractivity contribution in [1.82, 2.24) is 4.98 Å². The van der Waals surface area contributed by atoms with Gasteiger partial charge in [0.1, 0.15) is 0 Å². The van der Waals surface area contributed by atoms with Crippen molar-refractivity contribution in [3.63, 3.8) is 0 Å². The Bertz CT molecular complexity index is 523. The Morgan fingerprint density at radius 3 is 2.53 bits per heavy atom. The van der Waals surface area contributed by atoms with Crippen molar-refractivity contribution in [1.29, 1.82) is 0 Å². The van der Waals surface area contributed by atoms with E-state index in [2.05, 4.69) is 4.98 Å². The minimum atomic E-state index is -0.836. The number of pyridine rings is 1. The van der Waals surface area contributed by atoms with Crippen molar-refractivity contribution in [2.45, 2.75) is 12.8 Å². The first-order valence-corrected chi connectivity index (χ1v) is 5.41. The first-order valence-electron chi connectivity index (χ1n) is 5.41. The highest BCUT2D eigenvalue weighted by Crippen LogP contribution is 2.22. The van der Waals surface area contributed by atoms with Crippen LogP contribution in [0.15, 0.2) is 48.8 Å². The van der Waals surface area contributed by atoms with Crippen LogP contribution in [0.2, 0.25) is 0 Å². The van der Waals surface area contributed by atoms with Crippen molar-refractivity contribution >= 4 is 5.97 Å². The summed E-state index contributed by atoms with van der Waals surface area (Å²) in [6, 6.07) is 11.7. The number of carbonyl (C=O) groups is 1. The zero-order valence-corrected chi connectivity index (χ0v) is 9.50. The Morgan fingerprint density at radius 2 is 1.88 bits per heavy atom. The molecule has 0 bridgehead atoms. The molecular formula is C14H13NO2. The van der Waals surface area contributed by atoms with Crippen LogP contribution in [0.1, 0.15) is 18.4 Å². The van der Waals surface area contributed by atoms with Crippen molar-refractivity contribution in [3.8, 4) is 11.1 Å². The molecule has 0 saturated carbocycles. The fourth-order valence-corrected chi connectivity index (χ4v) is 1.63. The molecule has 2 rings (SSSR count). The molecule has 1 heterocycles. The summed E-state index contributed by atoms with van der Waals surface area (Å²) in [5, 5.41) is 8.97. The molecule has 1 atom stereocenters. The second-order valence-electron chi connectivity index (χ2n) is 3.93. The Hall–Kier alpha value is -2.16. The minimum Gasteiger partial charge on any atom is -0.481 e. The third-order valence-corrected chi connectivity index (χ3v) is 2.74. The number of carboxylic acid groups (broad SMARTS) is 1. The average molecular weight is 227 g/mol. The van der Waals surface area contributed by atoms with Crippen LogP contribution in [0, 0.1) is 0 Å². The lowest BCUT2D eigenvalue weighted by atomic mass is 9.99. The molecule has 3 nitrogen and oxygen atoms in total. The van der Waals surface area contributed by atoms with Gasteiger partial charge >= 0.3 is 5.97 Å². The number of aliphatic carboxylic acids is 1. The second-order valence-corrected chi connectivity index (χ2v) is 3.93. The number of hydrogen-bond acceptors (Lipinski definition) is 2. The van der Waals surface area contributed by atoms with Crippen LogP contribution >= 0.6 is 0 Å². The normalized spacial score (nSPS) is 12.1. The van der Waals surface area contributed by atoms with Gasteiger partial charge in [-0.05, 0) is 24.1 Å². The fourth-order valence-electron chi connectivity index (χ4n) is 1.63. The number of rotatable bonds is 3. The maximum atomic E-state index is 10.9. The van der Waals surface area contributed by atoms with E-state index in [1.165, 1.54) is 0 Å². The van der Waals surface area contributed by atoms with E-state index in [9.17, 15) is 4.79 Å². The molecule has 2 aromatic rings. The predicted octanol–water partition coefficient (Wildman–Crippen LogP) is 2.94. The fraction of sp³-hybridized carbons (Fsp3) is 0.143. The molecule has 3 heteroatoms. The summed E-state index contributed by atoms with van der Waals surface area (Å²) in [5.41, 5.74) is 2.70. The Kier molecular flexibility index (Phi) is 3.19. The molecule has 0 amide bonds. The molecule has 0 aliphatic rings. The molecule has 1 unspecified atom stereocenters. The molecule has 0 radical (unpaired) electrons. The SMILES string of the molecule is CC(C(=O)O)c1cncc(-c2ccccc2)c1. The van der Waals surface area contributed by atoms with Gasteiger partial charge in [0.2, 0.25) is 0 Å². The van der Waals surface area contributed by atoms with Crippen molar-refractivity contribution in [2.75, 3.05) is 0 Å². The first kappa shape index (κ1) is 11.3. The van der Waals surface area contributed by atoms with Crippen LogP contribution in [0.5, 0.6) is 0 Å². The van der Waals surface area contributed by atoms with Crippen molar-refractivity contribution in [3.05, 3.63) is 54.4 Å². The van der Waals surface area contributed by atoms with Crippen LogP contribution < -0.4 is 0 Å². The highest BCUT2D eigenvalue weighted by atomic mass is 16.4. The predicted molar refractivity (Wildman–Crippen MR) is 65.7 cm³/mol. The van der Waals surface area contributed by atoms with E-state index in [1.807, 2.05) is 36.4 Å². The van der Waals surface area contributed by atoms with Gasteiger partial charge < -0.3 is 5.11 Å². The van der Waals surface area contributed by atoms with Crippen LogP contribution in [0.4, 0.5) is 0 Å². The number of benzene rings is 1. The maximum absolute atomic E-state index is 10.9. The van der Waals surface area contributed by atoms with Gasteiger partial charge in [-0.25, -0.2) is 0 Å². The smallest absolute Gasteiger partial charge is 0.310 e. The van der Waals surface area contributed by atoms with Crippen LogP contribution in [0.3, 0.4) is 0 Å². The topological polar surface area (TPSA) is 50.2 Å². The third kappa shape index (κ3) is 2.50. The summed E-state index contributed by atoms with van der Waals surface area (Å²) in [5.74, 6) is -1.37. The lowest BCUT2D eigenvalue weighted by Crippen LogP contribution is -2.07. The zero-order valence-electron chi connectivity index (χ0n) is 9.50. The summed E-state index contributed by atoms with van der Waals surface area (Å²) < 4.78 is 0. The largest absolute Gasteiger partial charge is 0.481 e. The Labute approximate surface area is 99.8 Å². The summed E-state index contributed by atoms with van der Waals surface area (Å²) in [4.78, 5) is 15.0. The van der Waals surface area contributed by atoms with E-state index in [0.29, 0.717) is 0 Å². The summed E-state index contributed by atoms with van der Waals surface area (Å²) in [7, 11) is 0. The number of nitrogens with zero attached hydrogens (tertiary/aromatic N) is 1. The molecule has 1 aromatic heterocycles. The van der Waals surface area contributed by atoms with E-state index in [-0.39, 0.29) is 0 Å². The van der Waals surface area contributed by atoms with Crippen molar-refractivity contribution in [2.24, 2.45) is 0 Å². The summed E-state index contributed by atoms with van der Waals surface area (Å²) >= 11 is 0. The Balaban J connectivity index is 2.39. The third-order valence-electron chi connectivity index (χ3n) is 2.74. The highest BCUT2D eigenvalue weighted by molar-refractivity contribution is 5.76. The average Bonchev–Trinajstić information content (AvgIpc) is 2.39.